The van der Waals surface area contributed by atoms with Gasteiger partial charge in [0.15, 0.2) is 0 Å². The van der Waals surface area contributed by atoms with Crippen molar-refractivity contribution >= 4 is 0 Å². The number of methoxy groups -OCH3 is 1. The maximum absolute atomic E-state index is 5.35. The molecule has 1 aromatic carbocycles. The summed E-state index contributed by atoms with van der Waals surface area (Å²) >= 11 is 0. The Morgan fingerprint density at radius 1 is 1.40 bits per heavy atom. The van der Waals surface area contributed by atoms with E-state index in [2.05, 4.69) is 24.4 Å². The SMILES string of the molecule is COc1ccccc1[C@H](C)NCC1CC1. The van der Waals surface area contributed by atoms with Crippen molar-refractivity contribution in [1.29, 1.82) is 0 Å². The van der Waals surface area contributed by atoms with Crippen molar-refractivity contribution in [2.45, 2.75) is 25.8 Å². The van der Waals surface area contributed by atoms with Crippen LogP contribution < -0.4 is 10.1 Å². The molecule has 0 heterocycles. The van der Waals surface area contributed by atoms with Crippen LogP contribution in [0.4, 0.5) is 0 Å². The highest BCUT2D eigenvalue weighted by Gasteiger charge is 2.22. The van der Waals surface area contributed by atoms with E-state index in [0.717, 1.165) is 18.2 Å². The maximum atomic E-state index is 5.35. The molecule has 0 aromatic heterocycles. The van der Waals surface area contributed by atoms with Gasteiger partial charge in [-0.3, -0.25) is 0 Å². The molecule has 0 saturated heterocycles. The molecule has 0 radical (unpaired) electrons. The summed E-state index contributed by atoms with van der Waals surface area (Å²) in [5.74, 6) is 1.90. The fraction of sp³-hybridized carbons (Fsp3) is 0.538. The summed E-state index contributed by atoms with van der Waals surface area (Å²) < 4.78 is 5.35. The topological polar surface area (TPSA) is 21.3 Å². The first-order valence-corrected chi connectivity index (χ1v) is 5.67. The fourth-order valence-electron chi connectivity index (χ4n) is 1.80. The highest BCUT2D eigenvalue weighted by Crippen LogP contribution is 2.30. The van der Waals surface area contributed by atoms with Crippen molar-refractivity contribution in [3.8, 4) is 5.75 Å². The summed E-state index contributed by atoms with van der Waals surface area (Å²) in [6.07, 6.45) is 2.79. The molecule has 0 aliphatic heterocycles. The standard InChI is InChI=1S/C13H19NO/c1-10(14-9-11-7-8-11)12-5-3-4-6-13(12)15-2/h3-6,10-11,14H,7-9H2,1-2H3/t10-/m0/s1. The van der Waals surface area contributed by atoms with Crippen LogP contribution in [0.5, 0.6) is 5.75 Å². The molecule has 1 aliphatic carbocycles. The minimum Gasteiger partial charge on any atom is -0.496 e. The molecule has 1 N–H and O–H groups in total. The highest BCUT2D eigenvalue weighted by molar-refractivity contribution is 5.35. The monoisotopic (exact) mass is 205 g/mol. The lowest BCUT2D eigenvalue weighted by Gasteiger charge is -2.16. The Labute approximate surface area is 91.6 Å². The van der Waals surface area contributed by atoms with Gasteiger partial charge < -0.3 is 10.1 Å². The van der Waals surface area contributed by atoms with E-state index in [1.165, 1.54) is 18.4 Å². The summed E-state index contributed by atoms with van der Waals surface area (Å²) in [7, 11) is 1.73. The summed E-state index contributed by atoms with van der Waals surface area (Å²) in [6.45, 7) is 3.33. The van der Waals surface area contributed by atoms with Crippen molar-refractivity contribution in [2.24, 2.45) is 5.92 Å². The molecule has 2 nitrogen and oxygen atoms in total. The third kappa shape index (κ3) is 2.72. The Morgan fingerprint density at radius 2 is 2.13 bits per heavy atom. The van der Waals surface area contributed by atoms with Gasteiger partial charge in [0.05, 0.1) is 7.11 Å². The van der Waals surface area contributed by atoms with E-state index in [9.17, 15) is 0 Å². The van der Waals surface area contributed by atoms with Crippen LogP contribution in [-0.4, -0.2) is 13.7 Å². The predicted octanol–water partition coefficient (Wildman–Crippen LogP) is 2.76. The molecule has 1 saturated carbocycles. The molecule has 0 spiro atoms. The molecular weight excluding hydrogens is 186 g/mol. The molecule has 1 aromatic rings. The van der Waals surface area contributed by atoms with E-state index in [-0.39, 0.29) is 0 Å². The number of hydrogen-bond acceptors (Lipinski definition) is 2. The zero-order chi connectivity index (χ0) is 10.7. The zero-order valence-corrected chi connectivity index (χ0v) is 9.49. The highest BCUT2D eigenvalue weighted by atomic mass is 16.5. The second kappa shape index (κ2) is 4.67. The molecule has 1 fully saturated rings. The van der Waals surface area contributed by atoms with Crippen LogP contribution in [0.25, 0.3) is 0 Å². The molecular formula is C13H19NO. The maximum Gasteiger partial charge on any atom is 0.123 e. The number of rotatable bonds is 5. The predicted molar refractivity (Wildman–Crippen MR) is 62.1 cm³/mol. The van der Waals surface area contributed by atoms with Gasteiger partial charge in [0.1, 0.15) is 5.75 Å². The fourth-order valence-corrected chi connectivity index (χ4v) is 1.80. The van der Waals surface area contributed by atoms with Crippen molar-refractivity contribution in [1.82, 2.24) is 5.32 Å². The minimum atomic E-state index is 0.377. The minimum absolute atomic E-state index is 0.377. The first-order chi connectivity index (χ1) is 7.31. The lowest BCUT2D eigenvalue weighted by atomic mass is 10.1. The third-order valence-electron chi connectivity index (χ3n) is 3.02. The average Bonchev–Trinajstić information content (AvgIpc) is 3.09. The quantitative estimate of drug-likeness (QED) is 0.798. The second-order valence-electron chi connectivity index (χ2n) is 4.32. The van der Waals surface area contributed by atoms with Crippen molar-refractivity contribution in [3.63, 3.8) is 0 Å². The van der Waals surface area contributed by atoms with Crippen LogP contribution in [0.1, 0.15) is 31.4 Å². The van der Waals surface area contributed by atoms with Crippen LogP contribution in [-0.2, 0) is 0 Å². The van der Waals surface area contributed by atoms with Crippen molar-refractivity contribution in [3.05, 3.63) is 29.8 Å². The normalized spacial score (nSPS) is 17.5. The van der Waals surface area contributed by atoms with E-state index in [1.807, 2.05) is 12.1 Å². The molecule has 2 heteroatoms. The molecule has 0 bridgehead atoms. The number of para-hydroxylation sites is 1. The average molecular weight is 205 g/mol. The van der Waals surface area contributed by atoms with Crippen molar-refractivity contribution < 1.29 is 4.74 Å². The van der Waals surface area contributed by atoms with Crippen LogP contribution >= 0.6 is 0 Å². The summed E-state index contributed by atoms with van der Waals surface area (Å²) in [4.78, 5) is 0. The largest absolute Gasteiger partial charge is 0.496 e. The number of hydrogen-bond donors (Lipinski definition) is 1. The van der Waals surface area contributed by atoms with Crippen LogP contribution in [0.2, 0.25) is 0 Å². The van der Waals surface area contributed by atoms with Crippen LogP contribution in [0, 0.1) is 5.92 Å². The van der Waals surface area contributed by atoms with Gasteiger partial charge in [0, 0.05) is 11.6 Å². The summed E-state index contributed by atoms with van der Waals surface area (Å²) in [5.41, 5.74) is 1.25. The zero-order valence-electron chi connectivity index (χ0n) is 9.49. The Bertz CT molecular complexity index is 320. The first kappa shape index (κ1) is 10.5. The Morgan fingerprint density at radius 3 is 2.80 bits per heavy atom. The summed E-state index contributed by atoms with van der Waals surface area (Å²) in [5, 5.41) is 3.56. The van der Waals surface area contributed by atoms with E-state index < -0.39 is 0 Å². The van der Waals surface area contributed by atoms with Gasteiger partial charge in [-0.25, -0.2) is 0 Å². The van der Waals surface area contributed by atoms with Crippen molar-refractivity contribution in [2.75, 3.05) is 13.7 Å². The van der Waals surface area contributed by atoms with E-state index in [0.29, 0.717) is 6.04 Å². The molecule has 0 unspecified atom stereocenters. The number of nitrogens with one attached hydrogen (secondary N) is 1. The molecule has 2 rings (SSSR count). The lowest BCUT2D eigenvalue weighted by molar-refractivity contribution is 0.401. The first-order valence-electron chi connectivity index (χ1n) is 5.67. The molecule has 1 aliphatic rings. The van der Waals surface area contributed by atoms with E-state index in [1.54, 1.807) is 7.11 Å². The lowest BCUT2D eigenvalue weighted by Crippen LogP contribution is -2.21. The Kier molecular flexibility index (Phi) is 3.27. The van der Waals surface area contributed by atoms with Gasteiger partial charge >= 0.3 is 0 Å². The van der Waals surface area contributed by atoms with E-state index in [4.69, 9.17) is 4.74 Å². The summed E-state index contributed by atoms with van der Waals surface area (Å²) in [6, 6.07) is 8.60. The molecule has 15 heavy (non-hydrogen) atoms. The Hall–Kier alpha value is -1.02. The van der Waals surface area contributed by atoms with Gasteiger partial charge in [-0.05, 0) is 38.3 Å². The number of ether oxygens (including phenoxy) is 1. The molecule has 82 valence electrons. The Balaban J connectivity index is 1.98. The van der Waals surface area contributed by atoms with Gasteiger partial charge in [0.2, 0.25) is 0 Å². The second-order valence-corrected chi connectivity index (χ2v) is 4.32. The third-order valence-corrected chi connectivity index (χ3v) is 3.02. The van der Waals surface area contributed by atoms with Gasteiger partial charge in [-0.15, -0.1) is 0 Å². The van der Waals surface area contributed by atoms with Crippen LogP contribution in [0.3, 0.4) is 0 Å². The van der Waals surface area contributed by atoms with E-state index >= 15 is 0 Å². The molecule has 0 amide bonds. The van der Waals surface area contributed by atoms with Gasteiger partial charge in [-0.2, -0.15) is 0 Å². The number of benzene rings is 1. The molecule has 1 atom stereocenters. The van der Waals surface area contributed by atoms with Gasteiger partial charge in [0.25, 0.3) is 0 Å². The smallest absolute Gasteiger partial charge is 0.123 e. The van der Waals surface area contributed by atoms with Crippen LogP contribution in [0.15, 0.2) is 24.3 Å². The van der Waals surface area contributed by atoms with Gasteiger partial charge in [-0.1, -0.05) is 18.2 Å².